The second kappa shape index (κ2) is 11.2. The number of ether oxygens (including phenoxy) is 3. The van der Waals surface area contributed by atoms with Crippen LogP contribution >= 0.6 is 19.2 Å². The number of aliphatic hydroxyl groups excluding tert-OH is 2. The highest BCUT2D eigenvalue weighted by Crippen LogP contribution is 2.52. The van der Waals surface area contributed by atoms with Crippen LogP contribution in [0.1, 0.15) is 38.8 Å². The number of nitrogens with zero attached hydrogens (tertiary/aromatic N) is 5. The van der Waals surface area contributed by atoms with Crippen LogP contribution in [-0.4, -0.2) is 114 Å². The molecule has 1 unspecified atom stereocenters. The number of morpholine rings is 1. The van der Waals surface area contributed by atoms with E-state index in [1.165, 1.54) is 11.6 Å². The Labute approximate surface area is 224 Å². The van der Waals surface area contributed by atoms with Gasteiger partial charge in [0.2, 0.25) is 5.28 Å². The van der Waals surface area contributed by atoms with Crippen molar-refractivity contribution in [2.45, 2.75) is 68.5 Å². The molecule has 0 bridgehead atoms. The summed E-state index contributed by atoms with van der Waals surface area (Å²) in [5.74, 6) is 0.534. The molecular weight excluding hydrogens is 543 g/mol. The summed E-state index contributed by atoms with van der Waals surface area (Å²) in [6, 6.07) is 0.269. The first-order valence-corrected chi connectivity index (χ1v) is 14.7. The van der Waals surface area contributed by atoms with Crippen molar-refractivity contribution >= 4 is 36.0 Å². The predicted octanol–water partition coefficient (Wildman–Crippen LogP) is 0.696. The number of hydrogen-bond acceptors (Lipinski definition) is 11. The van der Waals surface area contributed by atoms with E-state index in [1.54, 1.807) is 6.20 Å². The zero-order valence-corrected chi connectivity index (χ0v) is 22.7. The second-order valence-corrected chi connectivity index (χ2v) is 12.6. The van der Waals surface area contributed by atoms with E-state index in [4.69, 9.17) is 25.8 Å². The molecule has 0 amide bonds. The summed E-state index contributed by atoms with van der Waals surface area (Å²) in [4.78, 5) is 30.6. The summed E-state index contributed by atoms with van der Waals surface area (Å²) in [5, 5.41) is 28.0. The number of aliphatic hydroxyl groups is 2. The summed E-state index contributed by atoms with van der Waals surface area (Å²) in [7, 11) is -4.73. The standard InChI is InChI=1S/C22H34ClN6O8P/c1-22(38(32,33)34,12-28-6-8-35-9-7-28)36-11-15-16(30)17(31)20(37-15)29-19-14(10-24-29)18(26-21(23)27-19)25-13-4-2-3-5-13/h10,13,15-17,20,30-31H,2-9,11-12H2,1H3,(H,25,26,27)(H2,32,33,34)/t15-,16-,17-,20-,22?/m1/s1. The van der Waals surface area contributed by atoms with Gasteiger partial charge in [0.1, 0.15) is 24.1 Å². The Balaban J connectivity index is 1.32. The molecule has 212 valence electrons. The smallest absolute Gasteiger partial charge is 0.358 e. The lowest BCUT2D eigenvalue weighted by Gasteiger charge is -2.37. The zero-order chi connectivity index (χ0) is 27.1. The van der Waals surface area contributed by atoms with E-state index in [-0.39, 0.29) is 24.5 Å². The van der Waals surface area contributed by atoms with Crippen LogP contribution in [0.25, 0.3) is 11.0 Å². The molecule has 14 nitrogen and oxygen atoms in total. The molecule has 38 heavy (non-hydrogen) atoms. The maximum Gasteiger partial charge on any atom is 0.358 e. The average molecular weight is 577 g/mol. The Morgan fingerprint density at radius 3 is 2.61 bits per heavy atom. The van der Waals surface area contributed by atoms with Gasteiger partial charge in [-0.15, -0.1) is 0 Å². The molecule has 5 N–H and O–H groups in total. The molecule has 2 saturated heterocycles. The summed E-state index contributed by atoms with van der Waals surface area (Å²) in [6.07, 6.45) is 0.821. The van der Waals surface area contributed by atoms with Gasteiger partial charge in [0, 0.05) is 25.7 Å². The molecule has 2 aromatic rings. The monoisotopic (exact) mass is 576 g/mol. The van der Waals surface area contributed by atoms with Gasteiger partial charge in [-0.1, -0.05) is 12.8 Å². The third-order valence-corrected chi connectivity index (χ3v) is 9.17. The molecule has 5 rings (SSSR count). The van der Waals surface area contributed by atoms with Crippen molar-refractivity contribution in [1.29, 1.82) is 0 Å². The third-order valence-electron chi connectivity index (χ3n) is 7.50. The fourth-order valence-electron chi connectivity index (χ4n) is 5.19. The quantitative estimate of drug-likeness (QED) is 0.208. The van der Waals surface area contributed by atoms with Crippen LogP contribution in [0.4, 0.5) is 5.82 Å². The van der Waals surface area contributed by atoms with Gasteiger partial charge in [-0.2, -0.15) is 15.1 Å². The van der Waals surface area contributed by atoms with Crippen LogP contribution in [0.5, 0.6) is 0 Å². The molecule has 0 aromatic carbocycles. The molecule has 4 heterocycles. The second-order valence-electron chi connectivity index (χ2n) is 10.3. The van der Waals surface area contributed by atoms with Gasteiger partial charge in [0.05, 0.1) is 31.4 Å². The van der Waals surface area contributed by atoms with E-state index in [2.05, 4.69) is 20.4 Å². The highest BCUT2D eigenvalue weighted by Gasteiger charge is 2.49. The number of halogens is 1. The molecule has 2 aliphatic heterocycles. The van der Waals surface area contributed by atoms with Crippen LogP contribution in [0.2, 0.25) is 5.28 Å². The number of anilines is 1. The molecule has 3 aliphatic rings. The number of nitrogens with one attached hydrogen (secondary N) is 1. The fraction of sp³-hybridized carbons (Fsp3) is 0.773. The Hall–Kier alpha value is -1.45. The van der Waals surface area contributed by atoms with Crippen molar-refractivity contribution in [2.75, 3.05) is 44.8 Å². The molecule has 0 radical (unpaired) electrons. The van der Waals surface area contributed by atoms with Crippen molar-refractivity contribution in [3.63, 3.8) is 0 Å². The lowest BCUT2D eigenvalue weighted by Crippen LogP contribution is -2.48. The van der Waals surface area contributed by atoms with E-state index in [0.717, 1.165) is 25.7 Å². The van der Waals surface area contributed by atoms with E-state index in [0.29, 0.717) is 43.2 Å². The largest absolute Gasteiger partial charge is 0.387 e. The third kappa shape index (κ3) is 5.71. The lowest BCUT2D eigenvalue weighted by molar-refractivity contribution is -0.103. The predicted molar refractivity (Wildman–Crippen MR) is 136 cm³/mol. The topological polar surface area (TPSA) is 185 Å². The maximum atomic E-state index is 12.4. The van der Waals surface area contributed by atoms with E-state index in [9.17, 15) is 24.6 Å². The average Bonchev–Trinajstić information content (AvgIpc) is 3.59. The van der Waals surface area contributed by atoms with Crippen LogP contribution in [0.15, 0.2) is 6.20 Å². The summed E-state index contributed by atoms with van der Waals surface area (Å²) in [6.45, 7) is 2.86. The summed E-state index contributed by atoms with van der Waals surface area (Å²) >= 11 is 6.20. The zero-order valence-electron chi connectivity index (χ0n) is 21.0. The Kier molecular flexibility index (Phi) is 8.28. The SMILES string of the molecule is CC(CN1CCOCC1)(OC[C@H]1O[C@@H](n2ncc3c(NC4CCCC4)nc(Cl)nc32)[C@H](O)[C@@H]1O)P(=O)(O)O. The van der Waals surface area contributed by atoms with Crippen LogP contribution in [0, 0.1) is 0 Å². The van der Waals surface area contributed by atoms with Crippen molar-refractivity contribution in [2.24, 2.45) is 0 Å². The molecule has 2 aromatic heterocycles. The molecule has 3 fully saturated rings. The lowest BCUT2D eigenvalue weighted by atomic mass is 10.1. The van der Waals surface area contributed by atoms with Gasteiger partial charge in [-0.05, 0) is 31.4 Å². The highest BCUT2D eigenvalue weighted by atomic mass is 35.5. The number of fused-ring (bicyclic) bond motifs is 1. The number of hydrogen-bond donors (Lipinski definition) is 5. The minimum Gasteiger partial charge on any atom is -0.387 e. The first kappa shape index (κ1) is 28.1. The highest BCUT2D eigenvalue weighted by molar-refractivity contribution is 7.53. The van der Waals surface area contributed by atoms with Gasteiger partial charge in [-0.3, -0.25) is 9.46 Å². The van der Waals surface area contributed by atoms with Crippen LogP contribution < -0.4 is 5.32 Å². The van der Waals surface area contributed by atoms with Crippen LogP contribution in [-0.2, 0) is 18.8 Å². The normalized spacial score (nSPS) is 29.2. The van der Waals surface area contributed by atoms with Gasteiger partial charge in [0.25, 0.3) is 0 Å². The van der Waals surface area contributed by atoms with Crippen molar-refractivity contribution in [3.05, 3.63) is 11.5 Å². The summed E-state index contributed by atoms with van der Waals surface area (Å²) in [5.41, 5.74) is 0.315. The van der Waals surface area contributed by atoms with Gasteiger partial charge in [0.15, 0.2) is 17.2 Å². The van der Waals surface area contributed by atoms with Gasteiger partial charge >= 0.3 is 7.60 Å². The maximum absolute atomic E-state index is 12.4. The molecule has 1 aliphatic carbocycles. The van der Waals surface area contributed by atoms with Crippen molar-refractivity contribution < 1.29 is 38.8 Å². The van der Waals surface area contributed by atoms with E-state index in [1.807, 2.05) is 4.90 Å². The van der Waals surface area contributed by atoms with Crippen LogP contribution in [0.3, 0.4) is 0 Å². The Morgan fingerprint density at radius 1 is 1.21 bits per heavy atom. The number of aromatic nitrogens is 4. The minimum absolute atomic E-state index is 0.00631. The minimum atomic E-state index is -4.73. The van der Waals surface area contributed by atoms with Gasteiger partial charge in [-0.25, -0.2) is 4.68 Å². The first-order chi connectivity index (χ1) is 18.1. The van der Waals surface area contributed by atoms with Gasteiger partial charge < -0.3 is 39.5 Å². The molecular formula is C22H34ClN6O8P. The molecule has 5 atom stereocenters. The number of rotatable bonds is 9. The molecule has 1 saturated carbocycles. The van der Waals surface area contributed by atoms with Crippen molar-refractivity contribution in [1.82, 2.24) is 24.6 Å². The molecule has 0 spiro atoms. The summed E-state index contributed by atoms with van der Waals surface area (Å²) < 4.78 is 30.7. The molecule has 16 heteroatoms. The first-order valence-electron chi connectivity index (χ1n) is 12.7. The Morgan fingerprint density at radius 2 is 1.92 bits per heavy atom. The fourth-order valence-corrected chi connectivity index (χ4v) is 5.98. The van der Waals surface area contributed by atoms with E-state index < -0.39 is 37.5 Å². The van der Waals surface area contributed by atoms with E-state index >= 15 is 0 Å². The van der Waals surface area contributed by atoms with Crippen molar-refractivity contribution in [3.8, 4) is 0 Å². The Bertz CT molecular complexity index is 1170.